The number of amides is 2. The first kappa shape index (κ1) is 32.4. The van der Waals surface area contributed by atoms with E-state index >= 15 is 0 Å². The lowest BCUT2D eigenvalue weighted by Gasteiger charge is -2.37. The third kappa shape index (κ3) is 6.28. The Bertz CT molecular complexity index is 2300. The second kappa shape index (κ2) is 13.1. The summed E-state index contributed by atoms with van der Waals surface area (Å²) in [6.45, 7) is 2.19. The summed E-state index contributed by atoms with van der Waals surface area (Å²) in [6.07, 6.45) is 1.16. The first-order chi connectivity index (χ1) is 23.6. The van der Waals surface area contributed by atoms with Crippen molar-refractivity contribution in [2.45, 2.75) is 24.5 Å². The highest BCUT2D eigenvalue weighted by Crippen LogP contribution is 2.55. The number of fused-ring (bicyclic) bond motifs is 3. The summed E-state index contributed by atoms with van der Waals surface area (Å²) in [5, 5.41) is 5.20. The van der Waals surface area contributed by atoms with E-state index in [0.29, 0.717) is 37.1 Å². The average Bonchev–Trinajstić information content (AvgIpc) is 3.12. The minimum absolute atomic E-state index is 0.0342. The highest BCUT2D eigenvalue weighted by Gasteiger charge is 2.39. The van der Waals surface area contributed by atoms with Crippen LogP contribution in [-0.4, -0.2) is 65.1 Å². The number of likely N-dealkylation sites (tertiary alicyclic amines) is 1. The molecule has 2 atom stereocenters. The van der Waals surface area contributed by atoms with Gasteiger partial charge in [0.05, 0.1) is 5.56 Å². The summed E-state index contributed by atoms with van der Waals surface area (Å²) >= 11 is 0. The maximum Gasteiger partial charge on any atom is 0.254 e. The number of carbonyl (C=O) groups excluding carboxylic acids is 3. The number of nitrogens with zero attached hydrogens (tertiary/aromatic N) is 2. The van der Waals surface area contributed by atoms with Crippen molar-refractivity contribution < 1.29 is 23.8 Å². The molecule has 8 heteroatoms. The fraction of sp³-hybridized carbons (Fsp3) is 0.195. The van der Waals surface area contributed by atoms with E-state index in [-0.39, 0.29) is 29.0 Å². The molecular formula is C41H37N2O5P. The zero-order valence-corrected chi connectivity index (χ0v) is 28.3. The summed E-state index contributed by atoms with van der Waals surface area (Å²) in [7, 11) is -2.32. The van der Waals surface area contributed by atoms with E-state index in [1.165, 1.54) is 6.66 Å². The highest BCUT2D eigenvalue weighted by atomic mass is 31.2. The Morgan fingerprint density at radius 1 is 0.714 bits per heavy atom. The smallest absolute Gasteiger partial charge is 0.254 e. The van der Waals surface area contributed by atoms with Crippen LogP contribution in [0.25, 0.3) is 32.3 Å². The minimum Gasteiger partial charge on any atom is -0.344 e. The molecule has 2 unspecified atom stereocenters. The monoisotopic (exact) mass is 668 g/mol. The van der Waals surface area contributed by atoms with E-state index in [2.05, 4.69) is 0 Å². The van der Waals surface area contributed by atoms with Gasteiger partial charge in [0.15, 0.2) is 5.78 Å². The molecule has 7 rings (SSSR count). The molecule has 1 saturated heterocycles. The van der Waals surface area contributed by atoms with Gasteiger partial charge in [-0.15, -0.1) is 0 Å². The number of benzene rings is 6. The SMILES string of the molecule is CN(C(=O)c1cc2ccccc2cc1C(=O)C(c1cccc2ccccc12)P(C)(=O)O)C1CCN(C(=O)c2ccc3ccccc3c2)CC1. The fourth-order valence-electron chi connectivity index (χ4n) is 7.19. The van der Waals surface area contributed by atoms with Gasteiger partial charge in [0.2, 0.25) is 7.37 Å². The van der Waals surface area contributed by atoms with Crippen molar-refractivity contribution in [3.8, 4) is 0 Å². The van der Waals surface area contributed by atoms with Crippen molar-refractivity contribution >= 4 is 57.3 Å². The van der Waals surface area contributed by atoms with Crippen molar-refractivity contribution in [1.82, 2.24) is 9.80 Å². The molecule has 1 aliphatic rings. The number of hydrogen-bond donors (Lipinski definition) is 1. The zero-order chi connectivity index (χ0) is 34.3. The molecule has 1 N–H and O–H groups in total. The molecule has 0 saturated carbocycles. The Labute approximate surface area is 285 Å². The quantitative estimate of drug-likeness (QED) is 0.136. The number of carbonyl (C=O) groups is 3. The van der Waals surface area contributed by atoms with Crippen LogP contribution in [0.5, 0.6) is 0 Å². The van der Waals surface area contributed by atoms with Gasteiger partial charge < -0.3 is 14.7 Å². The molecule has 1 aliphatic heterocycles. The topological polar surface area (TPSA) is 95.0 Å². The van der Waals surface area contributed by atoms with E-state index in [1.807, 2.05) is 102 Å². The zero-order valence-electron chi connectivity index (χ0n) is 27.5. The predicted molar refractivity (Wildman–Crippen MR) is 196 cm³/mol. The van der Waals surface area contributed by atoms with Gasteiger partial charge in [-0.3, -0.25) is 18.9 Å². The van der Waals surface area contributed by atoms with Gasteiger partial charge in [-0.25, -0.2) is 0 Å². The van der Waals surface area contributed by atoms with Crippen LogP contribution in [0.15, 0.2) is 121 Å². The highest BCUT2D eigenvalue weighted by molar-refractivity contribution is 7.58. The van der Waals surface area contributed by atoms with Gasteiger partial charge in [0.1, 0.15) is 5.66 Å². The van der Waals surface area contributed by atoms with Crippen LogP contribution in [0.3, 0.4) is 0 Å². The molecule has 6 aromatic rings. The van der Waals surface area contributed by atoms with E-state index in [1.54, 1.807) is 36.2 Å². The largest absolute Gasteiger partial charge is 0.344 e. The molecule has 0 bridgehead atoms. The van der Waals surface area contributed by atoms with Crippen LogP contribution in [0, 0.1) is 0 Å². The Kier molecular flexibility index (Phi) is 8.66. The molecule has 2 amide bonds. The fourth-order valence-corrected chi connectivity index (χ4v) is 8.51. The van der Waals surface area contributed by atoms with Gasteiger partial charge >= 0.3 is 0 Å². The maximum atomic E-state index is 14.6. The lowest BCUT2D eigenvalue weighted by molar-refractivity contribution is 0.0567. The molecule has 7 nitrogen and oxygen atoms in total. The van der Waals surface area contributed by atoms with Crippen LogP contribution in [-0.2, 0) is 4.57 Å². The number of hydrogen-bond acceptors (Lipinski definition) is 4. The molecule has 1 heterocycles. The summed E-state index contributed by atoms with van der Waals surface area (Å²) in [5.74, 6) is -0.940. The molecule has 0 spiro atoms. The van der Waals surface area contributed by atoms with E-state index in [4.69, 9.17) is 0 Å². The third-order valence-electron chi connectivity index (χ3n) is 9.84. The molecular weight excluding hydrogens is 631 g/mol. The summed E-state index contributed by atoms with van der Waals surface area (Å²) in [6, 6.07) is 37.3. The van der Waals surface area contributed by atoms with Crippen LogP contribution >= 0.6 is 7.37 Å². The summed E-state index contributed by atoms with van der Waals surface area (Å²) in [5.41, 5.74) is 0.0487. The Morgan fingerprint density at radius 2 is 1.27 bits per heavy atom. The maximum absolute atomic E-state index is 14.6. The number of Topliss-reactive ketones (excluding diaryl/α,β-unsaturated/α-hetero) is 1. The number of piperidine rings is 1. The second-order valence-electron chi connectivity index (χ2n) is 13.0. The number of ketones is 1. The molecule has 6 aromatic carbocycles. The van der Waals surface area contributed by atoms with Gasteiger partial charge in [0.25, 0.3) is 11.8 Å². The lowest BCUT2D eigenvalue weighted by Crippen LogP contribution is -2.47. The van der Waals surface area contributed by atoms with Gasteiger partial charge in [0, 0.05) is 44.0 Å². The van der Waals surface area contributed by atoms with Crippen molar-refractivity contribution in [1.29, 1.82) is 0 Å². The van der Waals surface area contributed by atoms with Crippen molar-refractivity contribution in [3.05, 3.63) is 144 Å². The Hall–Kier alpha value is -5.10. The first-order valence-electron chi connectivity index (χ1n) is 16.5. The van der Waals surface area contributed by atoms with Crippen LogP contribution in [0.2, 0.25) is 0 Å². The lowest BCUT2D eigenvalue weighted by atomic mass is 9.91. The molecule has 246 valence electrons. The van der Waals surface area contributed by atoms with Gasteiger partial charge in [-0.2, -0.15) is 0 Å². The average molecular weight is 669 g/mol. The van der Waals surface area contributed by atoms with E-state index < -0.39 is 18.8 Å². The van der Waals surface area contributed by atoms with Crippen LogP contribution in [0.1, 0.15) is 55.1 Å². The molecule has 49 heavy (non-hydrogen) atoms. The van der Waals surface area contributed by atoms with Gasteiger partial charge in [-0.05, 0) is 75.0 Å². The normalized spacial score (nSPS) is 15.6. The van der Waals surface area contributed by atoms with E-state index in [9.17, 15) is 23.8 Å². The molecule has 0 aliphatic carbocycles. The molecule has 0 radical (unpaired) electrons. The third-order valence-corrected chi connectivity index (χ3v) is 11.3. The first-order valence-corrected chi connectivity index (χ1v) is 18.7. The standard InChI is InChI=1S/C41H37N2O5P/c1-42(33-20-22-43(23-21-33)40(45)32-19-18-27-10-3-4-12-29(27)24-32)41(46)37-26-31-14-6-5-13-30(31)25-36(37)38(44)39(49(2,47)48)35-17-9-15-28-11-7-8-16-34(28)35/h3-19,24-26,33,39H,20-23H2,1-2H3,(H,47,48). The van der Waals surface area contributed by atoms with Crippen molar-refractivity contribution in [2.75, 3.05) is 26.8 Å². The summed E-state index contributed by atoms with van der Waals surface area (Å²) in [4.78, 5) is 57.0. The number of rotatable bonds is 7. The van der Waals surface area contributed by atoms with Gasteiger partial charge in [-0.1, -0.05) is 97.1 Å². The van der Waals surface area contributed by atoms with Crippen LogP contribution < -0.4 is 0 Å². The molecule has 1 fully saturated rings. The van der Waals surface area contributed by atoms with Crippen molar-refractivity contribution in [3.63, 3.8) is 0 Å². The van der Waals surface area contributed by atoms with E-state index in [0.717, 1.165) is 32.3 Å². The Morgan fingerprint density at radius 3 is 1.92 bits per heavy atom. The van der Waals surface area contributed by atoms with Crippen molar-refractivity contribution in [2.24, 2.45) is 0 Å². The summed E-state index contributed by atoms with van der Waals surface area (Å²) < 4.78 is 13.6. The molecule has 0 aromatic heterocycles. The predicted octanol–water partition coefficient (Wildman–Crippen LogP) is 8.35. The Balaban J connectivity index is 1.18. The minimum atomic E-state index is -4.05. The second-order valence-corrected chi connectivity index (χ2v) is 15.4. The van der Waals surface area contributed by atoms with Crippen LogP contribution in [0.4, 0.5) is 0 Å².